The number of aliphatic hydroxyl groups is 1. The predicted octanol–water partition coefficient (Wildman–Crippen LogP) is 1.44. The maximum Gasteiger partial charge on any atom is 0.344 e. The van der Waals surface area contributed by atoms with Crippen molar-refractivity contribution in [3.05, 3.63) is 29.8 Å². The highest BCUT2D eigenvalue weighted by molar-refractivity contribution is 5.71. The highest BCUT2D eigenvalue weighted by Crippen LogP contribution is 2.35. The molecule has 1 N–H and O–H groups in total. The molecular weight excluding hydrogens is 306 g/mol. The van der Waals surface area contributed by atoms with E-state index < -0.39 is 5.60 Å². The van der Waals surface area contributed by atoms with Gasteiger partial charge in [0.25, 0.3) is 0 Å². The highest BCUT2D eigenvalue weighted by Gasteiger charge is 2.44. The third-order valence-electron chi connectivity index (χ3n) is 4.67. The Morgan fingerprint density at radius 1 is 1.33 bits per heavy atom. The lowest BCUT2D eigenvalue weighted by Crippen LogP contribution is -2.58. The van der Waals surface area contributed by atoms with E-state index in [2.05, 4.69) is 16.7 Å². The van der Waals surface area contributed by atoms with Crippen molar-refractivity contribution in [1.82, 2.24) is 4.90 Å². The number of fused-ring (bicyclic) bond motifs is 3. The van der Waals surface area contributed by atoms with Gasteiger partial charge in [0, 0.05) is 18.0 Å². The molecule has 4 rings (SSSR count). The average molecular weight is 329 g/mol. The summed E-state index contributed by atoms with van der Waals surface area (Å²) in [5.74, 6) is 6.65. The van der Waals surface area contributed by atoms with E-state index in [1.807, 2.05) is 12.1 Å². The molecule has 128 valence electrons. The van der Waals surface area contributed by atoms with E-state index in [0.717, 1.165) is 31.5 Å². The van der Waals surface area contributed by atoms with Gasteiger partial charge in [-0.25, -0.2) is 4.79 Å². The number of nitrogens with zero attached hydrogens (tertiary/aromatic N) is 1. The first-order valence-corrected chi connectivity index (χ1v) is 8.45. The van der Waals surface area contributed by atoms with E-state index in [-0.39, 0.29) is 18.5 Å². The summed E-state index contributed by atoms with van der Waals surface area (Å²) in [4.78, 5) is 13.5. The molecule has 5 heteroatoms. The van der Waals surface area contributed by atoms with Crippen molar-refractivity contribution in [2.45, 2.75) is 25.4 Å². The van der Waals surface area contributed by atoms with Crippen LogP contribution in [-0.4, -0.2) is 54.4 Å². The molecule has 0 aliphatic carbocycles. The first-order valence-electron chi connectivity index (χ1n) is 8.45. The van der Waals surface area contributed by atoms with Gasteiger partial charge in [0.1, 0.15) is 11.4 Å². The van der Waals surface area contributed by atoms with Crippen molar-refractivity contribution in [2.75, 3.05) is 32.8 Å². The van der Waals surface area contributed by atoms with Crippen LogP contribution in [0.15, 0.2) is 24.3 Å². The van der Waals surface area contributed by atoms with Crippen LogP contribution in [0.3, 0.4) is 0 Å². The molecule has 0 saturated carbocycles. The maximum absolute atomic E-state index is 11.3. The minimum Gasteiger partial charge on any atom is -0.482 e. The summed E-state index contributed by atoms with van der Waals surface area (Å²) < 4.78 is 10.2. The monoisotopic (exact) mass is 329 g/mol. The molecule has 0 amide bonds. The molecule has 2 bridgehead atoms. The molecule has 1 aromatic carbocycles. The molecule has 3 aliphatic rings. The number of benzene rings is 1. The zero-order valence-corrected chi connectivity index (χ0v) is 14.0. The van der Waals surface area contributed by atoms with Crippen LogP contribution >= 0.6 is 0 Å². The number of hydrogen-bond acceptors (Lipinski definition) is 5. The standard InChI is InChI=1S/C19H23NO4/c1-2-23-18(21)13-24-17-5-3-15(4-6-17)7-10-19(22)14-20-11-8-16(19)9-12-20/h3-6,16,22H,2,8-9,11-14H2,1H3. The van der Waals surface area contributed by atoms with Crippen LogP contribution in [0.4, 0.5) is 0 Å². The van der Waals surface area contributed by atoms with Crippen LogP contribution in [-0.2, 0) is 9.53 Å². The fraction of sp³-hybridized carbons (Fsp3) is 0.526. The number of carbonyl (C=O) groups is 1. The molecule has 1 unspecified atom stereocenters. The molecule has 1 atom stereocenters. The average Bonchev–Trinajstić information content (AvgIpc) is 2.60. The van der Waals surface area contributed by atoms with Gasteiger partial charge in [-0.15, -0.1) is 0 Å². The number of hydrogen-bond donors (Lipinski definition) is 1. The third kappa shape index (κ3) is 3.89. The van der Waals surface area contributed by atoms with Crippen LogP contribution in [0.1, 0.15) is 25.3 Å². The maximum atomic E-state index is 11.3. The minimum absolute atomic E-state index is 0.101. The molecule has 24 heavy (non-hydrogen) atoms. The van der Waals surface area contributed by atoms with Crippen molar-refractivity contribution in [3.8, 4) is 17.6 Å². The fourth-order valence-corrected chi connectivity index (χ4v) is 3.34. The molecular formula is C19H23NO4. The Hall–Kier alpha value is -2.03. The number of rotatable bonds is 4. The topological polar surface area (TPSA) is 59.0 Å². The first-order chi connectivity index (χ1) is 11.6. The van der Waals surface area contributed by atoms with E-state index in [0.29, 0.717) is 18.9 Å². The molecule has 1 aromatic rings. The second-order valence-electron chi connectivity index (χ2n) is 6.34. The summed E-state index contributed by atoms with van der Waals surface area (Å²) in [6, 6.07) is 7.20. The third-order valence-corrected chi connectivity index (χ3v) is 4.67. The van der Waals surface area contributed by atoms with Crippen LogP contribution in [0.5, 0.6) is 5.75 Å². The Morgan fingerprint density at radius 2 is 2.04 bits per heavy atom. The Morgan fingerprint density at radius 3 is 2.62 bits per heavy atom. The van der Waals surface area contributed by atoms with Gasteiger partial charge in [-0.3, -0.25) is 4.90 Å². The Balaban J connectivity index is 1.60. The lowest BCUT2D eigenvalue weighted by Gasteiger charge is -2.47. The summed E-state index contributed by atoms with van der Waals surface area (Å²) in [6.07, 6.45) is 2.04. The van der Waals surface area contributed by atoms with Crippen LogP contribution in [0.25, 0.3) is 0 Å². The van der Waals surface area contributed by atoms with Gasteiger partial charge in [0.15, 0.2) is 6.61 Å². The quantitative estimate of drug-likeness (QED) is 0.669. The van der Waals surface area contributed by atoms with Crippen LogP contribution in [0, 0.1) is 17.8 Å². The van der Waals surface area contributed by atoms with Gasteiger partial charge in [-0.1, -0.05) is 11.8 Å². The summed E-state index contributed by atoms with van der Waals surface area (Å²) >= 11 is 0. The van der Waals surface area contributed by atoms with Crippen LogP contribution < -0.4 is 4.74 Å². The van der Waals surface area contributed by atoms with Gasteiger partial charge in [-0.05, 0) is 57.1 Å². The van der Waals surface area contributed by atoms with E-state index >= 15 is 0 Å². The minimum atomic E-state index is -0.893. The summed E-state index contributed by atoms with van der Waals surface area (Å²) in [5.41, 5.74) is -0.0707. The summed E-state index contributed by atoms with van der Waals surface area (Å²) in [5, 5.41) is 10.8. The summed E-state index contributed by atoms with van der Waals surface area (Å²) in [6.45, 7) is 4.79. The van der Waals surface area contributed by atoms with E-state index in [4.69, 9.17) is 9.47 Å². The lowest BCUT2D eigenvalue weighted by molar-refractivity contribution is -0.145. The Labute approximate surface area is 142 Å². The van der Waals surface area contributed by atoms with Gasteiger partial charge in [0.05, 0.1) is 6.61 Å². The van der Waals surface area contributed by atoms with Gasteiger partial charge in [0.2, 0.25) is 0 Å². The first kappa shape index (κ1) is 16.8. The lowest BCUT2D eigenvalue weighted by atomic mass is 9.76. The molecule has 3 aliphatic heterocycles. The smallest absolute Gasteiger partial charge is 0.344 e. The van der Waals surface area contributed by atoms with E-state index in [1.54, 1.807) is 19.1 Å². The van der Waals surface area contributed by atoms with Crippen LogP contribution in [0.2, 0.25) is 0 Å². The van der Waals surface area contributed by atoms with Crippen molar-refractivity contribution in [1.29, 1.82) is 0 Å². The van der Waals surface area contributed by atoms with Crippen molar-refractivity contribution in [3.63, 3.8) is 0 Å². The molecule has 0 spiro atoms. The van der Waals surface area contributed by atoms with E-state index in [9.17, 15) is 9.90 Å². The van der Waals surface area contributed by atoms with Crippen molar-refractivity contribution >= 4 is 5.97 Å². The molecule has 3 fully saturated rings. The number of ether oxygens (including phenoxy) is 2. The molecule has 3 saturated heterocycles. The Kier molecular flexibility index (Phi) is 5.08. The number of carbonyl (C=O) groups excluding carboxylic acids is 1. The Bertz CT molecular complexity index is 638. The van der Waals surface area contributed by atoms with Crippen molar-refractivity contribution in [2.24, 2.45) is 5.92 Å². The normalized spacial score (nSPS) is 27.9. The largest absolute Gasteiger partial charge is 0.482 e. The van der Waals surface area contributed by atoms with Gasteiger partial charge < -0.3 is 14.6 Å². The second kappa shape index (κ2) is 7.25. The zero-order valence-electron chi connectivity index (χ0n) is 14.0. The number of piperidine rings is 3. The molecule has 3 heterocycles. The SMILES string of the molecule is CCOC(=O)COc1ccc(C#CC2(O)CN3CCC2CC3)cc1. The van der Waals surface area contributed by atoms with Gasteiger partial charge >= 0.3 is 5.97 Å². The van der Waals surface area contributed by atoms with E-state index in [1.165, 1.54) is 0 Å². The molecule has 5 nitrogen and oxygen atoms in total. The predicted molar refractivity (Wildman–Crippen MR) is 89.6 cm³/mol. The molecule has 0 radical (unpaired) electrons. The molecule has 0 aromatic heterocycles. The van der Waals surface area contributed by atoms with Gasteiger partial charge in [-0.2, -0.15) is 0 Å². The highest BCUT2D eigenvalue weighted by atomic mass is 16.6. The number of esters is 1. The second-order valence-corrected chi connectivity index (χ2v) is 6.34. The van der Waals surface area contributed by atoms with Crippen molar-refractivity contribution < 1.29 is 19.4 Å². The fourth-order valence-electron chi connectivity index (χ4n) is 3.34. The summed E-state index contributed by atoms with van der Waals surface area (Å²) in [7, 11) is 0. The zero-order chi connectivity index (χ0) is 17.0.